The van der Waals surface area contributed by atoms with Crippen LogP contribution in [-0.2, 0) is 20.9 Å². The number of carbonyl (C=O) groups is 2. The highest BCUT2D eigenvalue weighted by Gasteiger charge is 2.23. The van der Waals surface area contributed by atoms with Gasteiger partial charge in [-0.1, -0.05) is 0 Å². The molecule has 0 spiro atoms. The zero-order valence-electron chi connectivity index (χ0n) is 15.6. The number of nitrogens with one attached hydrogen (secondary N) is 1. The number of amides is 2. The van der Waals surface area contributed by atoms with Crippen molar-refractivity contribution in [3.63, 3.8) is 0 Å². The average Bonchev–Trinajstić information content (AvgIpc) is 3.35. The molecule has 1 aliphatic rings. The van der Waals surface area contributed by atoms with Crippen molar-refractivity contribution in [2.24, 2.45) is 0 Å². The van der Waals surface area contributed by atoms with E-state index < -0.39 is 6.10 Å². The van der Waals surface area contributed by atoms with Crippen LogP contribution in [0.1, 0.15) is 12.8 Å². The van der Waals surface area contributed by atoms with Gasteiger partial charge in [-0.15, -0.1) is 0 Å². The van der Waals surface area contributed by atoms with Crippen molar-refractivity contribution in [2.75, 3.05) is 32.1 Å². The number of nitrogens with zero attached hydrogens (tertiary/aromatic N) is 3. The van der Waals surface area contributed by atoms with Gasteiger partial charge in [0.2, 0.25) is 5.91 Å². The predicted molar refractivity (Wildman–Crippen MR) is 99.4 cm³/mol. The van der Waals surface area contributed by atoms with Gasteiger partial charge in [-0.25, -0.2) is 4.39 Å². The second-order valence-corrected chi connectivity index (χ2v) is 6.54. The smallest absolute Gasteiger partial charge is 0.253 e. The number of hydrogen-bond acceptors (Lipinski definition) is 5. The van der Waals surface area contributed by atoms with Crippen molar-refractivity contribution in [3.05, 3.63) is 42.5 Å². The highest BCUT2D eigenvalue weighted by Crippen LogP contribution is 2.15. The summed E-state index contributed by atoms with van der Waals surface area (Å²) >= 11 is 0. The van der Waals surface area contributed by atoms with E-state index in [0.717, 1.165) is 6.42 Å². The number of aromatic nitrogens is 2. The maximum absolute atomic E-state index is 12.9. The van der Waals surface area contributed by atoms with Crippen LogP contribution < -0.4 is 10.1 Å². The van der Waals surface area contributed by atoms with Gasteiger partial charge in [0.15, 0.2) is 0 Å². The first kappa shape index (κ1) is 19.8. The van der Waals surface area contributed by atoms with Crippen LogP contribution in [0.15, 0.2) is 36.7 Å². The highest BCUT2D eigenvalue weighted by atomic mass is 19.1. The van der Waals surface area contributed by atoms with Crippen molar-refractivity contribution >= 4 is 17.5 Å². The van der Waals surface area contributed by atoms with Gasteiger partial charge >= 0.3 is 0 Å². The van der Waals surface area contributed by atoms with Crippen LogP contribution in [0.3, 0.4) is 0 Å². The van der Waals surface area contributed by atoms with E-state index in [9.17, 15) is 14.0 Å². The number of hydrogen-bond donors (Lipinski definition) is 1. The predicted octanol–water partition coefficient (Wildman–Crippen LogP) is 1.68. The lowest BCUT2D eigenvalue weighted by molar-refractivity contribution is -0.131. The molecule has 0 bridgehead atoms. The first-order chi connectivity index (χ1) is 13.5. The van der Waals surface area contributed by atoms with Crippen LogP contribution in [0.4, 0.5) is 10.1 Å². The largest absolute Gasteiger partial charge is 0.492 e. The van der Waals surface area contributed by atoms with Gasteiger partial charge in [-0.2, -0.15) is 5.10 Å². The molecule has 2 aromatic rings. The molecule has 0 aliphatic carbocycles. The summed E-state index contributed by atoms with van der Waals surface area (Å²) in [4.78, 5) is 25.8. The Bertz CT molecular complexity index is 803. The van der Waals surface area contributed by atoms with Gasteiger partial charge in [-0.3, -0.25) is 14.3 Å². The van der Waals surface area contributed by atoms with Crippen molar-refractivity contribution < 1.29 is 23.5 Å². The molecule has 1 aromatic carbocycles. The standard InChI is InChI=1S/C19H23FN4O4/c1-23(8-10-27-16-6-4-14(20)5-7-16)18(25)13-24-12-15(11-21-24)22-19(26)17-3-2-9-28-17/h4-7,11-12,17H,2-3,8-10,13H2,1H3,(H,22,26). The van der Waals surface area contributed by atoms with Crippen molar-refractivity contribution in [3.8, 4) is 5.75 Å². The Morgan fingerprint density at radius 3 is 2.89 bits per heavy atom. The molecule has 9 heteroatoms. The molecule has 1 fully saturated rings. The summed E-state index contributed by atoms with van der Waals surface area (Å²) in [6, 6.07) is 5.70. The number of likely N-dealkylation sites (N-methyl/N-ethyl adjacent to an activating group) is 1. The van der Waals surface area contributed by atoms with E-state index in [2.05, 4.69) is 10.4 Å². The molecule has 1 saturated heterocycles. The first-order valence-corrected chi connectivity index (χ1v) is 9.08. The lowest BCUT2D eigenvalue weighted by Gasteiger charge is -2.17. The van der Waals surface area contributed by atoms with E-state index in [-0.39, 0.29) is 30.8 Å². The molecule has 1 aromatic heterocycles. The molecule has 0 saturated carbocycles. The van der Waals surface area contributed by atoms with Crippen molar-refractivity contribution in [1.82, 2.24) is 14.7 Å². The monoisotopic (exact) mass is 390 g/mol. The lowest BCUT2D eigenvalue weighted by Crippen LogP contribution is -2.33. The van der Waals surface area contributed by atoms with Crippen molar-refractivity contribution in [2.45, 2.75) is 25.5 Å². The fourth-order valence-electron chi connectivity index (χ4n) is 2.74. The third-order valence-corrected chi connectivity index (χ3v) is 4.35. The number of ether oxygens (including phenoxy) is 2. The summed E-state index contributed by atoms with van der Waals surface area (Å²) in [6.45, 7) is 1.31. The van der Waals surface area contributed by atoms with Gasteiger partial charge in [0.25, 0.3) is 5.91 Å². The Balaban J connectivity index is 1.41. The third-order valence-electron chi connectivity index (χ3n) is 4.35. The normalized spacial score (nSPS) is 16.0. The molecule has 1 aliphatic heterocycles. The maximum Gasteiger partial charge on any atom is 0.253 e. The van der Waals surface area contributed by atoms with Gasteiger partial charge in [-0.05, 0) is 37.1 Å². The maximum atomic E-state index is 12.9. The number of carbonyl (C=O) groups excluding carboxylic acids is 2. The van der Waals surface area contributed by atoms with Crippen LogP contribution in [0, 0.1) is 5.82 Å². The number of halogens is 1. The van der Waals surface area contributed by atoms with E-state index in [4.69, 9.17) is 9.47 Å². The van der Waals surface area contributed by atoms with E-state index in [0.29, 0.717) is 31.0 Å². The molecular formula is C19H23FN4O4. The van der Waals surface area contributed by atoms with Crippen LogP contribution in [0.5, 0.6) is 5.75 Å². The Kier molecular flexibility index (Phi) is 6.59. The zero-order chi connectivity index (χ0) is 19.9. The summed E-state index contributed by atoms with van der Waals surface area (Å²) in [5, 5.41) is 6.85. The minimum Gasteiger partial charge on any atom is -0.492 e. The second kappa shape index (κ2) is 9.32. The summed E-state index contributed by atoms with van der Waals surface area (Å²) < 4.78 is 25.1. The fraction of sp³-hybridized carbons (Fsp3) is 0.421. The quantitative estimate of drug-likeness (QED) is 0.741. The van der Waals surface area contributed by atoms with E-state index in [1.165, 1.54) is 40.0 Å². The van der Waals surface area contributed by atoms with Crippen LogP contribution in [0.25, 0.3) is 0 Å². The third kappa shape index (κ3) is 5.53. The summed E-state index contributed by atoms with van der Waals surface area (Å²) in [6.07, 6.45) is 4.27. The SMILES string of the molecule is CN(CCOc1ccc(F)cc1)C(=O)Cn1cc(NC(=O)C2CCCO2)cn1. The summed E-state index contributed by atoms with van der Waals surface area (Å²) in [5.74, 6) is -0.132. The van der Waals surface area contributed by atoms with Crippen LogP contribution in [-0.4, -0.2) is 59.4 Å². The van der Waals surface area contributed by atoms with Gasteiger partial charge < -0.3 is 19.7 Å². The zero-order valence-corrected chi connectivity index (χ0v) is 15.6. The molecule has 3 rings (SSSR count). The average molecular weight is 390 g/mol. The minimum absolute atomic E-state index is 0.0445. The Morgan fingerprint density at radius 2 is 2.18 bits per heavy atom. The molecule has 8 nitrogen and oxygen atoms in total. The van der Waals surface area contributed by atoms with Crippen molar-refractivity contribution in [1.29, 1.82) is 0 Å². The van der Waals surface area contributed by atoms with Gasteiger partial charge in [0.05, 0.1) is 18.4 Å². The molecule has 1 N–H and O–H groups in total. The summed E-state index contributed by atoms with van der Waals surface area (Å²) in [7, 11) is 1.67. The molecular weight excluding hydrogens is 367 g/mol. The molecule has 0 radical (unpaired) electrons. The van der Waals surface area contributed by atoms with E-state index >= 15 is 0 Å². The Labute approximate surface area is 162 Å². The van der Waals surface area contributed by atoms with Crippen LogP contribution >= 0.6 is 0 Å². The highest BCUT2D eigenvalue weighted by molar-refractivity contribution is 5.94. The Morgan fingerprint density at radius 1 is 1.39 bits per heavy atom. The molecule has 2 heterocycles. The van der Waals surface area contributed by atoms with E-state index in [1.807, 2.05) is 0 Å². The van der Waals surface area contributed by atoms with Gasteiger partial charge in [0, 0.05) is 19.9 Å². The molecule has 1 unspecified atom stereocenters. The molecule has 150 valence electrons. The van der Waals surface area contributed by atoms with Gasteiger partial charge in [0.1, 0.15) is 30.8 Å². The first-order valence-electron chi connectivity index (χ1n) is 9.08. The molecule has 28 heavy (non-hydrogen) atoms. The second-order valence-electron chi connectivity index (χ2n) is 6.54. The molecule has 2 amide bonds. The molecule has 1 atom stereocenters. The number of rotatable bonds is 8. The Hall–Kier alpha value is -2.94. The minimum atomic E-state index is -0.419. The topological polar surface area (TPSA) is 85.7 Å². The lowest BCUT2D eigenvalue weighted by atomic mass is 10.2. The van der Waals surface area contributed by atoms with E-state index in [1.54, 1.807) is 13.2 Å². The fourth-order valence-corrected chi connectivity index (χ4v) is 2.74. The summed E-state index contributed by atoms with van der Waals surface area (Å²) in [5.41, 5.74) is 0.524. The number of anilines is 1. The number of benzene rings is 1. The van der Waals surface area contributed by atoms with Crippen LogP contribution in [0.2, 0.25) is 0 Å².